The first kappa shape index (κ1) is 24.7. The third-order valence-corrected chi connectivity index (χ3v) is 6.63. The lowest BCUT2D eigenvalue weighted by molar-refractivity contribution is 0.00679. The maximum atomic E-state index is 12.8. The van der Waals surface area contributed by atoms with E-state index in [4.69, 9.17) is 21.3 Å². The molecule has 2 aliphatic heterocycles. The van der Waals surface area contributed by atoms with Gasteiger partial charge < -0.3 is 20.1 Å². The van der Waals surface area contributed by atoms with Crippen molar-refractivity contribution in [3.05, 3.63) is 52.3 Å². The zero-order valence-electron chi connectivity index (χ0n) is 20.6. The number of carbonyl (C=O) groups excluding carboxylic acids is 1. The number of rotatable bonds is 5. The van der Waals surface area contributed by atoms with E-state index in [2.05, 4.69) is 10.3 Å². The maximum Gasteiger partial charge on any atom is 0.410 e. The molecule has 34 heavy (non-hydrogen) atoms. The Morgan fingerprint density at radius 2 is 1.74 bits per heavy atom. The summed E-state index contributed by atoms with van der Waals surface area (Å²) in [6.07, 6.45) is 3.99. The largest absolute Gasteiger partial charge is 0.444 e. The van der Waals surface area contributed by atoms with E-state index in [1.165, 1.54) is 0 Å². The molecule has 8 heteroatoms. The number of piperidine rings is 1. The number of hydrogen-bond donors (Lipinski definition) is 2. The molecule has 2 N–H and O–H groups in total. The first-order valence-corrected chi connectivity index (χ1v) is 12.4. The Morgan fingerprint density at radius 3 is 2.29 bits per heavy atom. The molecule has 2 bridgehead atoms. The van der Waals surface area contributed by atoms with Crippen LogP contribution in [0.1, 0.15) is 77.3 Å². The zero-order valence-corrected chi connectivity index (χ0v) is 21.4. The zero-order chi connectivity index (χ0) is 24.7. The van der Waals surface area contributed by atoms with Gasteiger partial charge in [-0.25, -0.2) is 14.8 Å². The predicted molar refractivity (Wildman–Crippen MR) is 133 cm³/mol. The minimum absolute atomic E-state index is 0.150. The SMILES string of the molecule is CC(C)(C)OC(=O)N1C2CCC1CC(Nc1nc(Cc3ccc(Cl)cc3)cc(C(C)(C)O)n1)C2. The van der Waals surface area contributed by atoms with Crippen LogP contribution in [-0.2, 0) is 16.8 Å². The second-order valence-electron chi connectivity index (χ2n) is 11.0. The first-order chi connectivity index (χ1) is 15.9. The van der Waals surface area contributed by atoms with Gasteiger partial charge in [0.25, 0.3) is 0 Å². The van der Waals surface area contributed by atoms with E-state index in [9.17, 15) is 9.90 Å². The standard InChI is InChI=1S/C26H35ClN4O3/c1-25(2,3)34-24(32)31-20-10-11-21(31)14-19(13-20)29-23-28-18(15-22(30-23)26(4,5)33)12-16-6-8-17(27)9-7-16/h6-9,15,19-21,33H,10-14H2,1-5H3,(H,28,29,30). The summed E-state index contributed by atoms with van der Waals surface area (Å²) in [6, 6.07) is 9.99. The van der Waals surface area contributed by atoms with E-state index in [-0.39, 0.29) is 24.2 Å². The molecule has 0 saturated carbocycles. The summed E-state index contributed by atoms with van der Waals surface area (Å²) in [6.45, 7) is 9.15. The minimum atomic E-state index is -1.09. The van der Waals surface area contributed by atoms with Crippen molar-refractivity contribution in [3.8, 4) is 0 Å². The number of hydrogen-bond acceptors (Lipinski definition) is 6. The molecule has 2 unspecified atom stereocenters. The fourth-order valence-corrected chi connectivity index (χ4v) is 4.99. The third kappa shape index (κ3) is 5.99. The molecule has 7 nitrogen and oxygen atoms in total. The average molecular weight is 487 g/mol. The smallest absolute Gasteiger partial charge is 0.410 e. The Labute approximate surface area is 206 Å². The second-order valence-corrected chi connectivity index (χ2v) is 11.5. The van der Waals surface area contributed by atoms with Gasteiger partial charge in [0.1, 0.15) is 11.2 Å². The monoisotopic (exact) mass is 486 g/mol. The van der Waals surface area contributed by atoms with Gasteiger partial charge in [0.15, 0.2) is 0 Å². The summed E-state index contributed by atoms with van der Waals surface area (Å²) in [5.41, 5.74) is 0.888. The number of aromatic nitrogens is 2. The highest BCUT2D eigenvalue weighted by molar-refractivity contribution is 6.30. The molecule has 2 aliphatic rings. The molecule has 184 valence electrons. The Kier molecular flexibility index (Phi) is 6.80. The van der Waals surface area contributed by atoms with Gasteiger partial charge in [-0.1, -0.05) is 23.7 Å². The van der Waals surface area contributed by atoms with Gasteiger partial charge in [-0.2, -0.15) is 0 Å². The van der Waals surface area contributed by atoms with Crippen molar-refractivity contribution in [2.24, 2.45) is 0 Å². The predicted octanol–water partition coefficient (Wildman–Crippen LogP) is 5.29. The van der Waals surface area contributed by atoms with Gasteiger partial charge in [0.05, 0.1) is 11.4 Å². The number of aliphatic hydroxyl groups is 1. The van der Waals surface area contributed by atoms with Crippen LogP contribution in [-0.4, -0.2) is 49.8 Å². The van der Waals surface area contributed by atoms with Crippen LogP contribution < -0.4 is 5.32 Å². The van der Waals surface area contributed by atoms with Gasteiger partial charge in [0, 0.05) is 29.6 Å². The summed E-state index contributed by atoms with van der Waals surface area (Å²) in [4.78, 5) is 24.1. The first-order valence-electron chi connectivity index (χ1n) is 12.0. The van der Waals surface area contributed by atoms with E-state index in [0.29, 0.717) is 23.1 Å². The number of nitrogens with one attached hydrogen (secondary N) is 1. The van der Waals surface area contributed by atoms with E-state index in [0.717, 1.165) is 36.9 Å². The number of halogens is 1. The molecule has 0 radical (unpaired) electrons. The van der Waals surface area contributed by atoms with Crippen molar-refractivity contribution in [2.75, 3.05) is 5.32 Å². The molecule has 1 aromatic heterocycles. The number of nitrogens with zero attached hydrogens (tertiary/aromatic N) is 3. The fourth-order valence-electron chi connectivity index (χ4n) is 4.87. The highest BCUT2D eigenvalue weighted by Crippen LogP contribution is 2.37. The molecule has 1 amide bonds. The molecular formula is C26H35ClN4O3. The lowest BCUT2D eigenvalue weighted by Gasteiger charge is -2.39. The number of amides is 1. The Hall–Kier alpha value is -2.38. The number of fused-ring (bicyclic) bond motifs is 2. The van der Waals surface area contributed by atoms with Crippen LogP contribution in [0.15, 0.2) is 30.3 Å². The molecule has 4 rings (SSSR count). The lowest BCUT2D eigenvalue weighted by atomic mass is 9.98. The number of benzene rings is 1. The molecule has 2 saturated heterocycles. The Morgan fingerprint density at radius 1 is 1.12 bits per heavy atom. The van der Waals surface area contributed by atoms with Crippen molar-refractivity contribution in [1.82, 2.24) is 14.9 Å². The van der Waals surface area contributed by atoms with Gasteiger partial charge in [-0.3, -0.25) is 0 Å². The summed E-state index contributed by atoms with van der Waals surface area (Å²) in [5, 5.41) is 14.8. The molecule has 2 atom stereocenters. The molecule has 0 spiro atoms. The molecule has 2 fully saturated rings. The average Bonchev–Trinajstić information content (AvgIpc) is 2.99. The van der Waals surface area contributed by atoms with Crippen LogP contribution in [0.4, 0.5) is 10.7 Å². The van der Waals surface area contributed by atoms with Crippen molar-refractivity contribution >= 4 is 23.6 Å². The lowest BCUT2D eigenvalue weighted by Crippen LogP contribution is -2.51. The van der Waals surface area contributed by atoms with Gasteiger partial charge in [-0.05, 0) is 84.1 Å². The van der Waals surface area contributed by atoms with Gasteiger partial charge in [0.2, 0.25) is 5.95 Å². The minimum Gasteiger partial charge on any atom is -0.444 e. The van der Waals surface area contributed by atoms with E-state index in [1.807, 2.05) is 56.0 Å². The maximum absolute atomic E-state index is 12.8. The summed E-state index contributed by atoms with van der Waals surface area (Å²) >= 11 is 6.02. The summed E-state index contributed by atoms with van der Waals surface area (Å²) in [7, 11) is 0. The van der Waals surface area contributed by atoms with Crippen LogP contribution in [0.3, 0.4) is 0 Å². The number of carbonyl (C=O) groups is 1. The Balaban J connectivity index is 1.50. The molecular weight excluding hydrogens is 452 g/mol. The van der Waals surface area contributed by atoms with Crippen LogP contribution in [0.25, 0.3) is 0 Å². The highest BCUT2D eigenvalue weighted by Gasteiger charge is 2.45. The summed E-state index contributed by atoms with van der Waals surface area (Å²) < 4.78 is 5.65. The van der Waals surface area contributed by atoms with E-state index >= 15 is 0 Å². The normalized spacial score (nSPS) is 22.6. The van der Waals surface area contributed by atoms with Crippen molar-refractivity contribution in [2.45, 2.75) is 96.1 Å². The van der Waals surface area contributed by atoms with Crippen LogP contribution >= 0.6 is 11.6 Å². The van der Waals surface area contributed by atoms with Crippen LogP contribution in [0.5, 0.6) is 0 Å². The van der Waals surface area contributed by atoms with Crippen LogP contribution in [0, 0.1) is 0 Å². The van der Waals surface area contributed by atoms with Gasteiger partial charge in [-0.15, -0.1) is 0 Å². The number of ether oxygens (including phenoxy) is 1. The highest BCUT2D eigenvalue weighted by atomic mass is 35.5. The third-order valence-electron chi connectivity index (χ3n) is 6.38. The topological polar surface area (TPSA) is 87.6 Å². The molecule has 0 aliphatic carbocycles. The van der Waals surface area contributed by atoms with Crippen molar-refractivity contribution in [1.29, 1.82) is 0 Å². The van der Waals surface area contributed by atoms with Crippen LogP contribution in [0.2, 0.25) is 5.02 Å². The fraction of sp³-hybridized carbons (Fsp3) is 0.577. The van der Waals surface area contributed by atoms with E-state index in [1.54, 1.807) is 13.8 Å². The summed E-state index contributed by atoms with van der Waals surface area (Å²) in [5.74, 6) is 0.513. The molecule has 2 aromatic rings. The van der Waals surface area contributed by atoms with Gasteiger partial charge >= 0.3 is 6.09 Å². The van der Waals surface area contributed by atoms with Crippen molar-refractivity contribution in [3.63, 3.8) is 0 Å². The Bertz CT molecular complexity index is 1020. The second kappa shape index (κ2) is 9.34. The molecule has 1 aromatic carbocycles. The van der Waals surface area contributed by atoms with Crippen molar-refractivity contribution < 1.29 is 14.6 Å². The molecule has 3 heterocycles. The number of anilines is 1. The quantitative estimate of drug-likeness (QED) is 0.597. The van der Waals surface area contributed by atoms with E-state index < -0.39 is 11.2 Å².